The monoisotopic (exact) mass is 498 g/mol. The van der Waals surface area contributed by atoms with Crippen LogP contribution >= 0.6 is 0 Å². The molecule has 1 aromatic heterocycles. The van der Waals surface area contributed by atoms with Crippen molar-refractivity contribution in [3.05, 3.63) is 39.7 Å². The van der Waals surface area contributed by atoms with Gasteiger partial charge in [-0.05, 0) is 57.2 Å². The van der Waals surface area contributed by atoms with Crippen molar-refractivity contribution in [2.45, 2.75) is 71.3 Å². The van der Waals surface area contributed by atoms with E-state index in [9.17, 15) is 24.0 Å². The molecular weight excluding hydrogens is 468 g/mol. The second kappa shape index (κ2) is 9.75. The molecule has 2 aliphatic heterocycles. The number of rotatable bonds is 7. The summed E-state index contributed by atoms with van der Waals surface area (Å²) in [6.07, 6.45) is 1.40. The van der Waals surface area contributed by atoms with Crippen molar-refractivity contribution < 1.29 is 33.2 Å². The van der Waals surface area contributed by atoms with Gasteiger partial charge in [0.25, 0.3) is 11.8 Å². The van der Waals surface area contributed by atoms with Crippen molar-refractivity contribution in [3.8, 4) is 0 Å². The lowest BCUT2D eigenvalue weighted by molar-refractivity contribution is -0.197. The number of imide groups is 1. The summed E-state index contributed by atoms with van der Waals surface area (Å²) in [5, 5.41) is 1.19. The number of amides is 2. The van der Waals surface area contributed by atoms with Gasteiger partial charge in [-0.3, -0.25) is 9.59 Å². The van der Waals surface area contributed by atoms with Gasteiger partial charge in [0.2, 0.25) is 0 Å². The molecule has 0 bridgehead atoms. The SMILES string of the molecule is CCOC(=O)c1cc2cc3c(cc2oc1=O)N(CCCC(=O)ON1C(=O)CCC1=O)C(C)(C)CC3C. The van der Waals surface area contributed by atoms with E-state index < -0.39 is 29.4 Å². The van der Waals surface area contributed by atoms with E-state index in [0.29, 0.717) is 29.0 Å². The number of nitrogens with zero attached hydrogens (tertiary/aromatic N) is 2. The predicted molar refractivity (Wildman–Crippen MR) is 129 cm³/mol. The van der Waals surface area contributed by atoms with Crippen LogP contribution in [0.4, 0.5) is 5.69 Å². The maximum absolute atomic E-state index is 12.4. The number of esters is 1. The van der Waals surface area contributed by atoms with Crippen LogP contribution in [-0.2, 0) is 24.0 Å². The Kier molecular flexibility index (Phi) is 6.88. The molecule has 1 atom stereocenters. The van der Waals surface area contributed by atoms with Crippen LogP contribution in [0.2, 0.25) is 0 Å². The highest BCUT2D eigenvalue weighted by molar-refractivity contribution is 6.01. The summed E-state index contributed by atoms with van der Waals surface area (Å²) in [6.45, 7) is 8.66. The Morgan fingerprint density at radius 3 is 2.47 bits per heavy atom. The fourth-order valence-corrected chi connectivity index (χ4v) is 5.06. The highest BCUT2D eigenvalue weighted by atomic mass is 16.7. The number of benzene rings is 1. The van der Waals surface area contributed by atoms with Crippen molar-refractivity contribution in [2.75, 3.05) is 18.1 Å². The number of hydrogen-bond donors (Lipinski definition) is 0. The van der Waals surface area contributed by atoms with E-state index in [2.05, 4.69) is 25.7 Å². The second-order valence-electron chi connectivity index (χ2n) is 9.83. The third-order valence-electron chi connectivity index (χ3n) is 6.70. The highest BCUT2D eigenvalue weighted by Crippen LogP contribution is 2.45. The minimum Gasteiger partial charge on any atom is -0.462 e. The highest BCUT2D eigenvalue weighted by Gasteiger charge is 2.37. The minimum atomic E-state index is -0.760. The van der Waals surface area contributed by atoms with Crippen LogP contribution in [0.5, 0.6) is 0 Å². The van der Waals surface area contributed by atoms with Crippen LogP contribution in [0.1, 0.15) is 81.6 Å². The van der Waals surface area contributed by atoms with Gasteiger partial charge in [-0.1, -0.05) is 6.92 Å². The van der Waals surface area contributed by atoms with Crippen LogP contribution in [-0.4, -0.2) is 47.5 Å². The Morgan fingerprint density at radius 2 is 1.81 bits per heavy atom. The second-order valence-corrected chi connectivity index (χ2v) is 9.83. The lowest BCUT2D eigenvalue weighted by Crippen LogP contribution is -2.49. The summed E-state index contributed by atoms with van der Waals surface area (Å²) in [5.74, 6) is -2.17. The molecule has 0 saturated carbocycles. The van der Waals surface area contributed by atoms with E-state index in [4.69, 9.17) is 14.0 Å². The number of fused-ring (bicyclic) bond motifs is 2. The summed E-state index contributed by atoms with van der Waals surface area (Å²) in [4.78, 5) is 67.4. The largest absolute Gasteiger partial charge is 0.462 e. The third kappa shape index (κ3) is 4.84. The number of anilines is 1. The number of hydrogen-bond acceptors (Lipinski definition) is 9. The van der Waals surface area contributed by atoms with E-state index in [-0.39, 0.29) is 42.9 Å². The number of hydroxylamine groups is 2. The predicted octanol–water partition coefficient (Wildman–Crippen LogP) is 3.45. The van der Waals surface area contributed by atoms with Crippen LogP contribution in [0.3, 0.4) is 0 Å². The smallest absolute Gasteiger partial charge is 0.351 e. The van der Waals surface area contributed by atoms with E-state index in [0.717, 1.165) is 17.7 Å². The van der Waals surface area contributed by atoms with Crippen LogP contribution < -0.4 is 10.5 Å². The van der Waals surface area contributed by atoms with Crippen molar-refractivity contribution in [2.24, 2.45) is 0 Å². The lowest BCUT2D eigenvalue weighted by atomic mass is 9.79. The van der Waals surface area contributed by atoms with Crippen molar-refractivity contribution >= 4 is 40.4 Å². The van der Waals surface area contributed by atoms with Gasteiger partial charge in [-0.15, -0.1) is 5.06 Å². The van der Waals surface area contributed by atoms with Gasteiger partial charge in [0.05, 0.1) is 6.61 Å². The molecule has 1 unspecified atom stereocenters. The van der Waals surface area contributed by atoms with E-state index >= 15 is 0 Å². The maximum Gasteiger partial charge on any atom is 0.351 e. The molecule has 0 N–H and O–H groups in total. The average Bonchev–Trinajstić information content (AvgIpc) is 3.11. The first-order valence-electron chi connectivity index (χ1n) is 12.1. The van der Waals surface area contributed by atoms with Crippen molar-refractivity contribution in [1.29, 1.82) is 0 Å². The quantitative estimate of drug-likeness (QED) is 0.321. The summed E-state index contributed by atoms with van der Waals surface area (Å²) in [7, 11) is 0. The van der Waals surface area contributed by atoms with Crippen molar-refractivity contribution in [1.82, 2.24) is 5.06 Å². The number of ether oxygens (including phenoxy) is 1. The van der Waals surface area contributed by atoms with Gasteiger partial charge in [0, 0.05) is 48.5 Å². The molecule has 0 aliphatic carbocycles. The van der Waals surface area contributed by atoms with E-state index in [1.54, 1.807) is 13.0 Å². The Hall–Kier alpha value is -3.69. The molecular formula is C26H30N2O8. The van der Waals surface area contributed by atoms with Gasteiger partial charge < -0.3 is 18.9 Å². The lowest BCUT2D eigenvalue weighted by Gasteiger charge is -2.47. The molecule has 0 spiro atoms. The fourth-order valence-electron chi connectivity index (χ4n) is 5.06. The first kappa shape index (κ1) is 25.4. The van der Waals surface area contributed by atoms with Crippen LogP contribution in [0.15, 0.2) is 27.4 Å². The van der Waals surface area contributed by atoms with Crippen molar-refractivity contribution in [3.63, 3.8) is 0 Å². The first-order chi connectivity index (χ1) is 17.0. The molecule has 2 aliphatic rings. The summed E-state index contributed by atoms with van der Waals surface area (Å²) >= 11 is 0. The molecule has 10 nitrogen and oxygen atoms in total. The van der Waals surface area contributed by atoms with Crippen LogP contribution in [0.25, 0.3) is 11.0 Å². The molecule has 2 amide bonds. The molecule has 10 heteroatoms. The fraction of sp³-hybridized carbons (Fsp3) is 0.500. The van der Waals surface area contributed by atoms with E-state index in [1.165, 1.54) is 6.07 Å². The summed E-state index contributed by atoms with van der Waals surface area (Å²) in [5.41, 5.74) is 1.13. The molecule has 4 rings (SSSR count). The molecule has 3 heterocycles. The van der Waals surface area contributed by atoms with Gasteiger partial charge in [0.1, 0.15) is 11.1 Å². The molecule has 2 aromatic rings. The molecule has 36 heavy (non-hydrogen) atoms. The normalized spacial score (nSPS) is 18.9. The van der Waals surface area contributed by atoms with E-state index in [1.807, 2.05) is 6.07 Å². The van der Waals surface area contributed by atoms with Gasteiger partial charge in [-0.2, -0.15) is 0 Å². The van der Waals surface area contributed by atoms with Gasteiger partial charge >= 0.3 is 17.6 Å². The zero-order valence-electron chi connectivity index (χ0n) is 20.9. The topological polar surface area (TPSA) is 123 Å². The molecule has 1 saturated heterocycles. The minimum absolute atomic E-state index is 0.0279. The standard InChI is InChI=1S/C26H30N2O8/c1-5-34-24(32)18-12-16-11-17-15(2)14-26(3,4)27(19(17)13-20(16)35-25(18)33)10-6-7-23(31)36-28-21(29)8-9-22(28)30/h11-13,15H,5-10,14H2,1-4H3. The molecule has 1 fully saturated rings. The zero-order chi connectivity index (χ0) is 26.2. The molecule has 1 aromatic carbocycles. The average molecular weight is 499 g/mol. The zero-order valence-corrected chi connectivity index (χ0v) is 20.9. The maximum atomic E-state index is 12.4. The Labute approximate surface area is 208 Å². The third-order valence-corrected chi connectivity index (χ3v) is 6.70. The summed E-state index contributed by atoms with van der Waals surface area (Å²) in [6, 6.07) is 5.24. The first-order valence-corrected chi connectivity index (χ1v) is 12.1. The Morgan fingerprint density at radius 1 is 1.11 bits per heavy atom. The molecule has 0 radical (unpaired) electrons. The Balaban J connectivity index is 1.57. The van der Waals surface area contributed by atoms with Crippen LogP contribution in [0, 0.1) is 0 Å². The molecule has 192 valence electrons. The number of carbonyl (C=O) groups is 4. The van der Waals surface area contributed by atoms with Gasteiger partial charge in [0.15, 0.2) is 0 Å². The summed E-state index contributed by atoms with van der Waals surface area (Å²) < 4.78 is 10.5. The Bertz CT molecular complexity index is 1280. The van der Waals surface area contributed by atoms with Gasteiger partial charge in [-0.25, -0.2) is 14.4 Å². The number of carbonyl (C=O) groups excluding carboxylic acids is 4.